The van der Waals surface area contributed by atoms with Crippen LogP contribution in [0, 0.1) is 0 Å². The molecule has 0 radical (unpaired) electrons. The zero-order valence-electron chi connectivity index (χ0n) is 18.7. The van der Waals surface area contributed by atoms with Crippen LogP contribution in [-0.2, 0) is 6.54 Å². The smallest absolute Gasteiger partial charge is 0.133 e. The Morgan fingerprint density at radius 2 is 1.18 bits per heavy atom. The summed E-state index contributed by atoms with van der Waals surface area (Å²) in [6.45, 7) is 3.02. The molecule has 2 nitrogen and oxygen atoms in total. The van der Waals surface area contributed by atoms with E-state index < -0.39 is 0 Å². The van der Waals surface area contributed by atoms with Gasteiger partial charge in [0.05, 0.1) is 5.69 Å². The average Bonchev–Trinajstić information content (AvgIpc) is 3.32. The number of aromatic nitrogens is 2. The molecule has 1 aromatic heterocycles. The first kappa shape index (κ1) is 20.7. The summed E-state index contributed by atoms with van der Waals surface area (Å²) < 4.78 is 2.19. The maximum Gasteiger partial charge on any atom is 0.133 e. The molecular formula is C31H26N2. The number of imidazole rings is 1. The zero-order valence-corrected chi connectivity index (χ0v) is 18.7. The molecular weight excluding hydrogens is 400 g/mol. The molecule has 5 aromatic rings. The number of hydrogen-bond acceptors (Lipinski definition) is 1. The molecule has 0 fully saturated rings. The second-order valence-corrected chi connectivity index (χ2v) is 8.04. The molecule has 1 heterocycles. The molecule has 0 spiro atoms. The fourth-order valence-corrected chi connectivity index (χ4v) is 4.03. The van der Waals surface area contributed by atoms with Crippen LogP contribution in [0.4, 0.5) is 0 Å². The molecule has 160 valence electrons. The fourth-order valence-electron chi connectivity index (χ4n) is 4.03. The van der Waals surface area contributed by atoms with Crippen molar-refractivity contribution in [2.75, 3.05) is 0 Å². The van der Waals surface area contributed by atoms with Crippen LogP contribution in [0.5, 0.6) is 0 Å². The Labute approximate surface area is 195 Å². The van der Waals surface area contributed by atoms with E-state index in [0.717, 1.165) is 29.2 Å². The summed E-state index contributed by atoms with van der Waals surface area (Å²) in [7, 11) is 0. The maximum absolute atomic E-state index is 4.94. The Hall–Kier alpha value is -4.17. The summed E-state index contributed by atoms with van der Waals surface area (Å²) in [5, 5.41) is 0. The lowest BCUT2D eigenvalue weighted by atomic mass is 10.0. The lowest BCUT2D eigenvalue weighted by molar-refractivity contribution is 0.753. The third-order valence-corrected chi connectivity index (χ3v) is 5.86. The van der Waals surface area contributed by atoms with Gasteiger partial charge in [-0.15, -0.1) is 0 Å². The van der Waals surface area contributed by atoms with Crippen molar-refractivity contribution in [3.8, 4) is 33.5 Å². The lowest BCUT2D eigenvalue weighted by Crippen LogP contribution is -1.94. The standard InChI is InChI=1S/C31H26N2/c1-2-33-23-30(29-15-9-14-28(22-29)26-12-7-4-8-13-26)32-31(33)21-18-24-16-19-27(20-17-24)25-10-5-3-6-11-25/h3-23H,2H2,1H3/b21-18+. The van der Waals surface area contributed by atoms with Gasteiger partial charge in [-0.1, -0.05) is 109 Å². The van der Waals surface area contributed by atoms with Crippen molar-refractivity contribution < 1.29 is 0 Å². The van der Waals surface area contributed by atoms with Gasteiger partial charge >= 0.3 is 0 Å². The molecule has 0 atom stereocenters. The summed E-state index contributed by atoms with van der Waals surface area (Å²) >= 11 is 0. The van der Waals surface area contributed by atoms with Gasteiger partial charge in [0, 0.05) is 18.3 Å². The summed E-state index contributed by atoms with van der Waals surface area (Å²) in [6.07, 6.45) is 6.38. The van der Waals surface area contributed by atoms with E-state index in [1.807, 2.05) is 12.1 Å². The van der Waals surface area contributed by atoms with Gasteiger partial charge in [-0.2, -0.15) is 0 Å². The molecule has 0 N–H and O–H groups in total. The first-order chi connectivity index (χ1) is 16.3. The first-order valence-corrected chi connectivity index (χ1v) is 11.4. The van der Waals surface area contributed by atoms with Crippen LogP contribution in [0.15, 0.2) is 115 Å². The van der Waals surface area contributed by atoms with Crippen molar-refractivity contribution in [3.63, 3.8) is 0 Å². The van der Waals surface area contributed by atoms with E-state index in [1.165, 1.54) is 22.3 Å². The van der Waals surface area contributed by atoms with Gasteiger partial charge in [0.25, 0.3) is 0 Å². The van der Waals surface area contributed by atoms with E-state index in [4.69, 9.17) is 4.98 Å². The highest BCUT2D eigenvalue weighted by molar-refractivity contribution is 5.74. The lowest BCUT2D eigenvalue weighted by Gasteiger charge is -2.03. The Balaban J connectivity index is 1.39. The Morgan fingerprint density at radius 1 is 0.606 bits per heavy atom. The third-order valence-electron chi connectivity index (χ3n) is 5.86. The molecule has 0 aliphatic heterocycles. The summed E-state index contributed by atoms with van der Waals surface area (Å²) in [6, 6.07) is 38.2. The largest absolute Gasteiger partial charge is 0.331 e. The highest BCUT2D eigenvalue weighted by Gasteiger charge is 2.08. The van der Waals surface area contributed by atoms with Crippen LogP contribution in [-0.4, -0.2) is 9.55 Å². The molecule has 4 aromatic carbocycles. The Morgan fingerprint density at radius 3 is 1.85 bits per heavy atom. The van der Waals surface area contributed by atoms with Gasteiger partial charge in [0.15, 0.2) is 0 Å². The van der Waals surface area contributed by atoms with E-state index >= 15 is 0 Å². The molecule has 0 amide bonds. The molecule has 0 bridgehead atoms. The number of aryl methyl sites for hydroxylation is 1. The third kappa shape index (κ3) is 4.70. The van der Waals surface area contributed by atoms with E-state index in [9.17, 15) is 0 Å². The van der Waals surface area contributed by atoms with Crippen molar-refractivity contribution >= 4 is 12.2 Å². The topological polar surface area (TPSA) is 17.8 Å². The first-order valence-electron chi connectivity index (χ1n) is 11.4. The molecule has 0 saturated carbocycles. The van der Waals surface area contributed by atoms with E-state index in [0.29, 0.717) is 0 Å². The van der Waals surface area contributed by atoms with Crippen LogP contribution >= 0.6 is 0 Å². The molecule has 5 rings (SSSR count). The molecule has 0 aliphatic rings. The van der Waals surface area contributed by atoms with Gasteiger partial charge in [-0.3, -0.25) is 0 Å². The maximum atomic E-state index is 4.94. The van der Waals surface area contributed by atoms with Crippen LogP contribution in [0.2, 0.25) is 0 Å². The van der Waals surface area contributed by atoms with Gasteiger partial charge in [-0.25, -0.2) is 4.98 Å². The van der Waals surface area contributed by atoms with Crippen molar-refractivity contribution in [3.05, 3.63) is 127 Å². The number of benzene rings is 4. The minimum Gasteiger partial charge on any atom is -0.331 e. The van der Waals surface area contributed by atoms with Crippen LogP contribution < -0.4 is 0 Å². The number of rotatable bonds is 6. The van der Waals surface area contributed by atoms with E-state index in [-0.39, 0.29) is 0 Å². The highest BCUT2D eigenvalue weighted by atomic mass is 15.1. The summed E-state index contributed by atoms with van der Waals surface area (Å²) in [5.41, 5.74) is 8.16. The van der Waals surface area contributed by atoms with E-state index in [1.54, 1.807) is 0 Å². The minimum absolute atomic E-state index is 0.873. The quantitative estimate of drug-likeness (QED) is 0.268. The molecule has 2 heteroatoms. The molecule has 0 aliphatic carbocycles. The number of nitrogens with zero attached hydrogens (tertiary/aromatic N) is 2. The second-order valence-electron chi connectivity index (χ2n) is 8.04. The van der Waals surface area contributed by atoms with Crippen LogP contribution in [0.3, 0.4) is 0 Å². The van der Waals surface area contributed by atoms with E-state index in [2.05, 4.69) is 127 Å². The monoisotopic (exact) mass is 426 g/mol. The van der Waals surface area contributed by atoms with Crippen molar-refractivity contribution in [1.82, 2.24) is 9.55 Å². The molecule has 0 saturated heterocycles. The average molecular weight is 427 g/mol. The van der Waals surface area contributed by atoms with Crippen molar-refractivity contribution in [1.29, 1.82) is 0 Å². The van der Waals surface area contributed by atoms with Crippen LogP contribution in [0.25, 0.3) is 45.7 Å². The van der Waals surface area contributed by atoms with Gasteiger partial charge in [-0.05, 0) is 46.9 Å². The van der Waals surface area contributed by atoms with Gasteiger partial charge in [0.2, 0.25) is 0 Å². The van der Waals surface area contributed by atoms with Crippen molar-refractivity contribution in [2.45, 2.75) is 13.5 Å². The van der Waals surface area contributed by atoms with Gasteiger partial charge < -0.3 is 4.57 Å². The Kier molecular flexibility index (Phi) is 5.99. The summed E-state index contributed by atoms with van der Waals surface area (Å²) in [4.78, 5) is 4.94. The van der Waals surface area contributed by atoms with Crippen LogP contribution in [0.1, 0.15) is 18.3 Å². The van der Waals surface area contributed by atoms with Crippen molar-refractivity contribution in [2.24, 2.45) is 0 Å². The highest BCUT2D eigenvalue weighted by Crippen LogP contribution is 2.26. The second kappa shape index (κ2) is 9.54. The predicted octanol–water partition coefficient (Wildman–Crippen LogP) is 8.07. The summed E-state index contributed by atoms with van der Waals surface area (Å²) in [5.74, 6) is 0.963. The molecule has 0 unspecified atom stereocenters. The SMILES string of the molecule is CCn1cc(-c2cccc(-c3ccccc3)c2)nc1/C=C/c1ccc(-c2ccccc2)cc1. The predicted molar refractivity (Wildman–Crippen MR) is 140 cm³/mol. The Bertz CT molecular complexity index is 1360. The fraction of sp³-hybridized carbons (Fsp3) is 0.0645. The number of hydrogen-bond donors (Lipinski definition) is 0. The minimum atomic E-state index is 0.873. The van der Waals surface area contributed by atoms with Gasteiger partial charge in [0.1, 0.15) is 5.82 Å². The normalized spacial score (nSPS) is 11.2. The molecule has 33 heavy (non-hydrogen) atoms. The zero-order chi connectivity index (χ0) is 22.5.